The van der Waals surface area contributed by atoms with Gasteiger partial charge in [0.05, 0.1) is 17.4 Å². The van der Waals surface area contributed by atoms with E-state index in [1.54, 1.807) is 0 Å². The van der Waals surface area contributed by atoms with E-state index in [0.717, 1.165) is 18.2 Å². The first-order valence-electron chi connectivity index (χ1n) is 6.69. The fraction of sp³-hybridized carbons (Fsp3) is 0.0588. The first-order chi connectivity index (χ1) is 11.0. The Hall–Kier alpha value is -3.02. The van der Waals surface area contributed by atoms with Crippen LogP contribution in [0, 0.1) is 11.6 Å². The second-order valence-corrected chi connectivity index (χ2v) is 4.94. The van der Waals surface area contributed by atoms with Gasteiger partial charge in [-0.2, -0.15) is 0 Å². The predicted molar refractivity (Wildman–Crippen MR) is 79.2 cm³/mol. The number of para-hydroxylation sites is 1. The van der Waals surface area contributed by atoms with Crippen molar-refractivity contribution >= 4 is 16.9 Å². The number of halogens is 2. The van der Waals surface area contributed by atoms with Crippen molar-refractivity contribution in [3.05, 3.63) is 69.9 Å². The van der Waals surface area contributed by atoms with Crippen molar-refractivity contribution in [1.29, 1.82) is 0 Å². The van der Waals surface area contributed by atoms with Crippen LogP contribution in [0.3, 0.4) is 0 Å². The summed E-state index contributed by atoms with van der Waals surface area (Å²) in [5.74, 6) is -3.13. The first kappa shape index (κ1) is 14.9. The Morgan fingerprint density at radius 1 is 1.09 bits per heavy atom. The van der Waals surface area contributed by atoms with Crippen LogP contribution in [0.1, 0.15) is 5.56 Å². The molecule has 0 amide bonds. The molecule has 0 aliphatic rings. The zero-order chi connectivity index (χ0) is 16.6. The number of fused-ring (bicyclic) bond motifs is 1. The Morgan fingerprint density at radius 3 is 2.39 bits per heavy atom. The van der Waals surface area contributed by atoms with Crippen LogP contribution in [0.15, 0.2) is 51.7 Å². The van der Waals surface area contributed by atoms with Crippen LogP contribution < -0.4 is 5.43 Å². The van der Waals surface area contributed by atoms with Gasteiger partial charge in [-0.25, -0.2) is 8.78 Å². The van der Waals surface area contributed by atoms with Crippen LogP contribution in [0.25, 0.3) is 22.3 Å². The van der Waals surface area contributed by atoms with E-state index in [1.165, 1.54) is 24.3 Å². The summed E-state index contributed by atoms with van der Waals surface area (Å²) in [6.45, 7) is 0. The van der Waals surface area contributed by atoms with Gasteiger partial charge in [-0.15, -0.1) is 0 Å². The zero-order valence-electron chi connectivity index (χ0n) is 11.7. The number of aliphatic carboxylic acids is 1. The lowest BCUT2D eigenvalue weighted by Crippen LogP contribution is -2.06. The predicted octanol–water partition coefficient (Wildman–Crippen LogP) is 3.37. The molecule has 1 aromatic heterocycles. The molecule has 0 saturated carbocycles. The highest BCUT2D eigenvalue weighted by molar-refractivity contribution is 5.85. The number of hydrogen-bond donors (Lipinski definition) is 1. The van der Waals surface area contributed by atoms with Crippen molar-refractivity contribution in [3.8, 4) is 11.3 Å². The molecule has 0 radical (unpaired) electrons. The van der Waals surface area contributed by atoms with Gasteiger partial charge < -0.3 is 9.52 Å². The van der Waals surface area contributed by atoms with Crippen molar-refractivity contribution in [2.45, 2.75) is 6.42 Å². The van der Waals surface area contributed by atoms with Gasteiger partial charge in [-0.3, -0.25) is 9.59 Å². The van der Waals surface area contributed by atoms with E-state index >= 15 is 0 Å². The molecule has 0 unspecified atom stereocenters. The Bertz CT molecular complexity index is 956. The van der Waals surface area contributed by atoms with Crippen molar-refractivity contribution < 1.29 is 23.1 Å². The van der Waals surface area contributed by atoms with Crippen LogP contribution in [0.4, 0.5) is 8.78 Å². The molecular formula is C17H10F2O4. The third-order valence-electron chi connectivity index (χ3n) is 3.39. The number of carboxylic acid groups (broad SMARTS) is 1. The quantitative estimate of drug-likeness (QED) is 0.804. The van der Waals surface area contributed by atoms with Crippen molar-refractivity contribution in [3.63, 3.8) is 0 Å². The van der Waals surface area contributed by atoms with Crippen LogP contribution >= 0.6 is 0 Å². The molecule has 0 fully saturated rings. The van der Waals surface area contributed by atoms with E-state index in [0.29, 0.717) is 0 Å². The molecule has 0 saturated heterocycles. The van der Waals surface area contributed by atoms with Gasteiger partial charge in [0, 0.05) is 11.6 Å². The normalized spacial score (nSPS) is 10.9. The summed E-state index contributed by atoms with van der Waals surface area (Å²) in [6, 6.07) is 8.77. The summed E-state index contributed by atoms with van der Waals surface area (Å²) >= 11 is 0. The van der Waals surface area contributed by atoms with Crippen molar-refractivity contribution in [2.75, 3.05) is 0 Å². The third-order valence-corrected chi connectivity index (χ3v) is 3.39. The highest BCUT2D eigenvalue weighted by Crippen LogP contribution is 2.28. The lowest BCUT2D eigenvalue weighted by molar-refractivity contribution is -0.136. The lowest BCUT2D eigenvalue weighted by Gasteiger charge is -2.08. The Balaban J connectivity index is 2.32. The van der Waals surface area contributed by atoms with Gasteiger partial charge in [0.1, 0.15) is 23.0 Å². The third kappa shape index (κ3) is 2.70. The molecule has 0 aliphatic heterocycles. The molecule has 3 aromatic rings. The second-order valence-electron chi connectivity index (χ2n) is 4.94. The average Bonchev–Trinajstić information content (AvgIpc) is 2.47. The average molecular weight is 316 g/mol. The Labute approximate surface area is 128 Å². The molecule has 0 bridgehead atoms. The molecule has 6 heteroatoms. The Kier molecular flexibility index (Phi) is 3.65. The van der Waals surface area contributed by atoms with E-state index in [4.69, 9.17) is 9.52 Å². The van der Waals surface area contributed by atoms with Crippen LogP contribution in [0.5, 0.6) is 0 Å². The van der Waals surface area contributed by atoms with Gasteiger partial charge in [0.2, 0.25) is 0 Å². The number of carboxylic acids is 1. The largest absolute Gasteiger partial charge is 0.481 e. The van der Waals surface area contributed by atoms with Gasteiger partial charge in [-0.05, 0) is 18.2 Å². The molecule has 0 spiro atoms. The van der Waals surface area contributed by atoms with Gasteiger partial charge >= 0.3 is 5.97 Å². The highest BCUT2D eigenvalue weighted by Gasteiger charge is 2.17. The zero-order valence-corrected chi connectivity index (χ0v) is 11.7. The molecule has 0 atom stereocenters. The second kappa shape index (κ2) is 5.64. The number of benzene rings is 2. The fourth-order valence-electron chi connectivity index (χ4n) is 2.39. The van der Waals surface area contributed by atoms with Gasteiger partial charge in [0.25, 0.3) is 0 Å². The fourth-order valence-corrected chi connectivity index (χ4v) is 2.39. The SMILES string of the molecule is O=C(O)Cc1cccc2c(=O)cc(-c3c(F)cccc3F)oc12. The number of rotatable bonds is 3. The van der Waals surface area contributed by atoms with E-state index in [-0.39, 0.29) is 28.7 Å². The summed E-state index contributed by atoms with van der Waals surface area (Å²) in [7, 11) is 0. The maximum absolute atomic E-state index is 13.9. The minimum atomic E-state index is -1.11. The smallest absolute Gasteiger partial charge is 0.307 e. The summed E-state index contributed by atoms with van der Waals surface area (Å²) in [6.07, 6.45) is -0.372. The summed E-state index contributed by atoms with van der Waals surface area (Å²) < 4.78 is 33.2. The standard InChI is InChI=1S/C17H10F2O4/c18-11-5-2-6-12(19)16(11)14-8-13(20)10-4-1-3-9(7-15(21)22)17(10)23-14/h1-6,8H,7H2,(H,21,22). The first-order valence-corrected chi connectivity index (χ1v) is 6.69. The van der Waals surface area contributed by atoms with Gasteiger partial charge in [-0.1, -0.05) is 18.2 Å². The van der Waals surface area contributed by atoms with E-state index in [9.17, 15) is 18.4 Å². The topological polar surface area (TPSA) is 67.5 Å². The Morgan fingerprint density at radius 2 is 1.74 bits per heavy atom. The molecule has 2 aromatic carbocycles. The maximum atomic E-state index is 13.9. The number of hydrogen-bond acceptors (Lipinski definition) is 3. The summed E-state index contributed by atoms with van der Waals surface area (Å²) in [4.78, 5) is 23.1. The summed E-state index contributed by atoms with van der Waals surface area (Å²) in [5, 5.41) is 9.09. The van der Waals surface area contributed by atoms with E-state index < -0.39 is 28.6 Å². The lowest BCUT2D eigenvalue weighted by atomic mass is 10.1. The maximum Gasteiger partial charge on any atom is 0.307 e. The van der Waals surface area contributed by atoms with Crippen LogP contribution in [-0.4, -0.2) is 11.1 Å². The molecule has 116 valence electrons. The van der Waals surface area contributed by atoms with Crippen molar-refractivity contribution in [1.82, 2.24) is 0 Å². The molecule has 0 aliphatic carbocycles. The molecule has 3 rings (SSSR count). The highest BCUT2D eigenvalue weighted by atomic mass is 19.1. The van der Waals surface area contributed by atoms with Crippen LogP contribution in [0.2, 0.25) is 0 Å². The van der Waals surface area contributed by atoms with E-state index in [2.05, 4.69) is 0 Å². The minimum Gasteiger partial charge on any atom is -0.481 e. The van der Waals surface area contributed by atoms with Crippen molar-refractivity contribution in [2.24, 2.45) is 0 Å². The number of carbonyl (C=O) groups is 1. The molecule has 1 N–H and O–H groups in total. The molecule has 1 heterocycles. The molecular weight excluding hydrogens is 306 g/mol. The van der Waals surface area contributed by atoms with E-state index in [1.807, 2.05) is 0 Å². The molecule has 23 heavy (non-hydrogen) atoms. The summed E-state index contributed by atoms with van der Waals surface area (Å²) in [5.41, 5.74) is -0.696. The van der Waals surface area contributed by atoms with Gasteiger partial charge in [0.15, 0.2) is 5.43 Å². The van der Waals surface area contributed by atoms with Crippen LogP contribution in [-0.2, 0) is 11.2 Å². The minimum absolute atomic E-state index is 0.0139. The molecule has 4 nitrogen and oxygen atoms in total. The monoisotopic (exact) mass is 316 g/mol.